The fourth-order valence-electron chi connectivity index (χ4n) is 3.46. The van der Waals surface area contributed by atoms with Gasteiger partial charge in [-0.2, -0.15) is 0 Å². The first-order valence-corrected chi connectivity index (χ1v) is 8.21. The second-order valence-electron chi connectivity index (χ2n) is 6.50. The summed E-state index contributed by atoms with van der Waals surface area (Å²) in [6, 6.07) is 5.42. The first-order valence-electron chi connectivity index (χ1n) is 8.21. The van der Waals surface area contributed by atoms with Crippen LogP contribution >= 0.6 is 0 Å². The molecule has 0 aromatic carbocycles. The van der Waals surface area contributed by atoms with Gasteiger partial charge in [-0.3, -0.25) is 4.90 Å². The molecule has 0 spiro atoms. The molecule has 0 bridgehead atoms. The number of aromatic nitrogens is 1. The van der Waals surface area contributed by atoms with Gasteiger partial charge in [-0.05, 0) is 50.8 Å². The van der Waals surface area contributed by atoms with Gasteiger partial charge in [0.2, 0.25) is 5.88 Å². The minimum Gasteiger partial charge on any atom is -0.481 e. The van der Waals surface area contributed by atoms with E-state index in [1.165, 1.54) is 44.2 Å². The molecular formula is C17H27N3O. The van der Waals surface area contributed by atoms with Gasteiger partial charge in [0, 0.05) is 30.9 Å². The largest absolute Gasteiger partial charge is 0.481 e. The molecule has 1 saturated carbocycles. The maximum absolute atomic E-state index is 5.19. The van der Waals surface area contributed by atoms with E-state index in [1.807, 2.05) is 12.3 Å². The van der Waals surface area contributed by atoms with Crippen molar-refractivity contribution in [3.8, 4) is 5.88 Å². The van der Waals surface area contributed by atoms with Crippen LogP contribution in [0.25, 0.3) is 0 Å². The first kappa shape index (κ1) is 14.8. The van der Waals surface area contributed by atoms with Crippen molar-refractivity contribution < 1.29 is 4.74 Å². The highest BCUT2D eigenvalue weighted by atomic mass is 16.5. The first-order chi connectivity index (χ1) is 10.3. The van der Waals surface area contributed by atoms with Crippen LogP contribution in [0.3, 0.4) is 0 Å². The van der Waals surface area contributed by atoms with E-state index in [0.717, 1.165) is 12.6 Å². The molecule has 1 aromatic rings. The van der Waals surface area contributed by atoms with Crippen LogP contribution in [-0.2, 0) is 0 Å². The van der Waals surface area contributed by atoms with Gasteiger partial charge in [-0.25, -0.2) is 4.98 Å². The molecule has 1 aliphatic carbocycles. The Bertz CT molecular complexity index is 444. The second kappa shape index (κ2) is 6.75. The summed E-state index contributed by atoms with van der Waals surface area (Å²) < 4.78 is 5.19. The number of nitrogens with zero attached hydrogens (tertiary/aromatic N) is 2. The molecule has 2 unspecified atom stereocenters. The van der Waals surface area contributed by atoms with Crippen molar-refractivity contribution in [3.63, 3.8) is 0 Å². The standard InChI is InChI=1S/C17H27N3O/c1-20-10-4-3-5-13(11-18-15-7-8-15)17(20)14-6-9-16(21-2)19-12-14/h6,9,12-13,15,17-18H,3-5,7-8,10-11H2,1-2H3. The summed E-state index contributed by atoms with van der Waals surface area (Å²) in [5, 5.41) is 3.73. The average Bonchev–Trinajstić information content (AvgIpc) is 3.33. The third-order valence-electron chi connectivity index (χ3n) is 4.81. The molecule has 4 heteroatoms. The molecule has 3 rings (SSSR count). The summed E-state index contributed by atoms with van der Waals surface area (Å²) >= 11 is 0. The molecule has 1 saturated heterocycles. The van der Waals surface area contributed by atoms with E-state index in [2.05, 4.69) is 28.3 Å². The van der Waals surface area contributed by atoms with Crippen molar-refractivity contribution in [2.24, 2.45) is 5.92 Å². The zero-order chi connectivity index (χ0) is 14.7. The molecule has 2 heterocycles. The Balaban J connectivity index is 1.76. The van der Waals surface area contributed by atoms with Crippen LogP contribution < -0.4 is 10.1 Å². The molecule has 2 fully saturated rings. The van der Waals surface area contributed by atoms with Gasteiger partial charge in [0.25, 0.3) is 0 Å². The number of rotatable bonds is 5. The summed E-state index contributed by atoms with van der Waals surface area (Å²) in [4.78, 5) is 6.92. The molecule has 2 aliphatic rings. The average molecular weight is 289 g/mol. The highest BCUT2D eigenvalue weighted by Crippen LogP contribution is 2.34. The molecule has 21 heavy (non-hydrogen) atoms. The van der Waals surface area contributed by atoms with Crippen molar-refractivity contribution in [1.82, 2.24) is 15.2 Å². The van der Waals surface area contributed by atoms with Gasteiger partial charge in [-0.1, -0.05) is 12.5 Å². The monoisotopic (exact) mass is 289 g/mol. The molecule has 2 atom stereocenters. The van der Waals surface area contributed by atoms with Crippen LogP contribution in [0.4, 0.5) is 0 Å². The molecule has 1 N–H and O–H groups in total. The quantitative estimate of drug-likeness (QED) is 0.904. The van der Waals surface area contributed by atoms with Gasteiger partial charge >= 0.3 is 0 Å². The lowest BCUT2D eigenvalue weighted by atomic mass is 9.90. The molecule has 1 aliphatic heterocycles. The molecule has 1 aromatic heterocycles. The second-order valence-corrected chi connectivity index (χ2v) is 6.50. The molecular weight excluding hydrogens is 262 g/mol. The van der Waals surface area contributed by atoms with E-state index in [9.17, 15) is 0 Å². The third kappa shape index (κ3) is 3.74. The van der Waals surface area contributed by atoms with Gasteiger partial charge < -0.3 is 10.1 Å². The van der Waals surface area contributed by atoms with Crippen molar-refractivity contribution in [2.45, 2.75) is 44.2 Å². The van der Waals surface area contributed by atoms with E-state index in [-0.39, 0.29) is 0 Å². The summed E-state index contributed by atoms with van der Waals surface area (Å²) in [5.74, 6) is 1.37. The van der Waals surface area contributed by atoms with Crippen LogP contribution in [0.5, 0.6) is 5.88 Å². The predicted octanol–water partition coefficient (Wildman–Crippen LogP) is 2.62. The van der Waals surface area contributed by atoms with Crippen molar-refractivity contribution in [3.05, 3.63) is 23.9 Å². The molecule has 0 amide bonds. The Morgan fingerprint density at radius 3 is 2.81 bits per heavy atom. The Hall–Kier alpha value is -1.13. The molecule has 4 nitrogen and oxygen atoms in total. The topological polar surface area (TPSA) is 37.4 Å². The van der Waals surface area contributed by atoms with E-state index in [1.54, 1.807) is 7.11 Å². The number of ether oxygens (including phenoxy) is 1. The third-order valence-corrected chi connectivity index (χ3v) is 4.81. The Morgan fingerprint density at radius 1 is 1.29 bits per heavy atom. The summed E-state index contributed by atoms with van der Waals surface area (Å²) in [5.41, 5.74) is 1.32. The van der Waals surface area contributed by atoms with Crippen LogP contribution in [0.2, 0.25) is 0 Å². The highest BCUT2D eigenvalue weighted by molar-refractivity contribution is 5.22. The van der Waals surface area contributed by atoms with Gasteiger partial charge in [-0.15, -0.1) is 0 Å². The zero-order valence-electron chi connectivity index (χ0n) is 13.2. The lowest BCUT2D eigenvalue weighted by Gasteiger charge is -2.33. The minimum absolute atomic E-state index is 0.470. The van der Waals surface area contributed by atoms with Crippen molar-refractivity contribution >= 4 is 0 Å². The maximum Gasteiger partial charge on any atom is 0.212 e. The number of nitrogens with one attached hydrogen (secondary N) is 1. The van der Waals surface area contributed by atoms with Gasteiger partial charge in [0.15, 0.2) is 0 Å². The number of hydrogen-bond donors (Lipinski definition) is 1. The number of likely N-dealkylation sites (tertiary alicyclic amines) is 1. The number of pyridine rings is 1. The SMILES string of the molecule is COc1ccc(C2C(CNC3CC3)CCCCN2C)cn1. The molecule has 116 valence electrons. The van der Waals surface area contributed by atoms with Crippen LogP contribution in [-0.4, -0.2) is 43.2 Å². The maximum atomic E-state index is 5.19. The van der Waals surface area contributed by atoms with E-state index in [4.69, 9.17) is 4.74 Å². The normalized spacial score (nSPS) is 27.3. The zero-order valence-corrected chi connectivity index (χ0v) is 13.2. The van der Waals surface area contributed by atoms with Crippen LogP contribution in [0, 0.1) is 5.92 Å². The number of methoxy groups -OCH3 is 1. The smallest absolute Gasteiger partial charge is 0.212 e. The van der Waals surface area contributed by atoms with E-state index >= 15 is 0 Å². The lowest BCUT2D eigenvalue weighted by molar-refractivity contribution is 0.188. The summed E-state index contributed by atoms with van der Waals surface area (Å²) in [7, 11) is 3.92. The molecule has 0 radical (unpaired) electrons. The Kier molecular flexibility index (Phi) is 4.76. The van der Waals surface area contributed by atoms with Crippen LogP contribution in [0.1, 0.15) is 43.7 Å². The van der Waals surface area contributed by atoms with Crippen molar-refractivity contribution in [1.29, 1.82) is 0 Å². The Labute approximate surface area is 127 Å². The highest BCUT2D eigenvalue weighted by Gasteiger charge is 2.31. The van der Waals surface area contributed by atoms with Crippen molar-refractivity contribution in [2.75, 3.05) is 27.2 Å². The fourth-order valence-corrected chi connectivity index (χ4v) is 3.46. The summed E-state index contributed by atoms with van der Waals surface area (Å²) in [6.45, 7) is 2.31. The Morgan fingerprint density at radius 2 is 2.14 bits per heavy atom. The lowest BCUT2D eigenvalue weighted by Crippen LogP contribution is -2.35. The van der Waals surface area contributed by atoms with Crippen LogP contribution in [0.15, 0.2) is 18.3 Å². The van der Waals surface area contributed by atoms with E-state index in [0.29, 0.717) is 17.8 Å². The van der Waals surface area contributed by atoms with Gasteiger partial charge in [0.05, 0.1) is 7.11 Å². The number of hydrogen-bond acceptors (Lipinski definition) is 4. The fraction of sp³-hybridized carbons (Fsp3) is 0.706. The summed E-state index contributed by atoms with van der Waals surface area (Å²) in [6.07, 6.45) is 8.66. The predicted molar refractivity (Wildman–Crippen MR) is 84.5 cm³/mol. The van der Waals surface area contributed by atoms with E-state index < -0.39 is 0 Å². The van der Waals surface area contributed by atoms with Gasteiger partial charge in [0.1, 0.15) is 0 Å². The minimum atomic E-state index is 0.470.